The lowest BCUT2D eigenvalue weighted by atomic mass is 10.0. The van der Waals surface area contributed by atoms with E-state index >= 15 is 0 Å². The number of carbonyl (C=O) groups excluding carboxylic acids is 2. The Bertz CT molecular complexity index is 631. The average molecular weight is 361 g/mol. The van der Waals surface area contributed by atoms with E-state index in [0.717, 1.165) is 5.56 Å². The molecule has 6 nitrogen and oxygen atoms in total. The van der Waals surface area contributed by atoms with Gasteiger partial charge in [-0.15, -0.1) is 11.6 Å². The first-order valence-corrected chi connectivity index (χ1v) is 9.16. The van der Waals surface area contributed by atoms with Crippen LogP contribution in [0, 0.1) is 6.92 Å². The lowest BCUT2D eigenvalue weighted by Crippen LogP contribution is -2.44. The molecule has 23 heavy (non-hydrogen) atoms. The van der Waals surface area contributed by atoms with Gasteiger partial charge in [0.25, 0.3) is 0 Å². The minimum absolute atomic E-state index is 0.0527. The molecule has 1 aromatic carbocycles. The molecule has 1 rings (SSSR count). The van der Waals surface area contributed by atoms with E-state index in [-0.39, 0.29) is 11.3 Å². The monoisotopic (exact) mass is 360 g/mol. The van der Waals surface area contributed by atoms with E-state index in [2.05, 4.69) is 4.72 Å². The third-order valence-corrected chi connectivity index (χ3v) is 5.12. The van der Waals surface area contributed by atoms with Crippen LogP contribution in [0.15, 0.2) is 29.2 Å². The van der Waals surface area contributed by atoms with Gasteiger partial charge in [0, 0.05) is 0 Å². The van der Waals surface area contributed by atoms with Crippen molar-refractivity contribution in [1.29, 1.82) is 0 Å². The normalized spacial score (nSPS) is 14.2. The number of halogens is 1. The van der Waals surface area contributed by atoms with Gasteiger partial charge in [0.1, 0.15) is 11.7 Å². The molecule has 8 heteroatoms. The number of unbranched alkanes of at least 4 members (excludes halogenated alkanes) is 1. The van der Waals surface area contributed by atoms with E-state index in [1.54, 1.807) is 12.1 Å². The Hall–Kier alpha value is -1.28. The number of Topliss-reactive ketones (excluding diaryl/α,β-unsaturated/α-hetero) is 1. The zero-order valence-corrected chi connectivity index (χ0v) is 14.4. The van der Waals surface area contributed by atoms with Crippen LogP contribution < -0.4 is 10.5 Å². The van der Waals surface area contributed by atoms with Gasteiger partial charge in [0.05, 0.1) is 10.9 Å². The third kappa shape index (κ3) is 6.02. The minimum atomic E-state index is -3.88. The zero-order valence-electron chi connectivity index (χ0n) is 12.9. The molecular weight excluding hydrogens is 340 g/mol. The predicted octanol–water partition coefficient (Wildman–Crippen LogP) is 1.15. The maximum absolute atomic E-state index is 12.4. The van der Waals surface area contributed by atoms with Crippen molar-refractivity contribution in [2.45, 2.75) is 42.5 Å². The molecule has 0 saturated heterocycles. The van der Waals surface area contributed by atoms with Crippen LogP contribution >= 0.6 is 11.6 Å². The second-order valence-electron chi connectivity index (χ2n) is 5.21. The van der Waals surface area contributed by atoms with Crippen LogP contribution in [0.4, 0.5) is 0 Å². The Morgan fingerprint density at radius 2 is 1.91 bits per heavy atom. The van der Waals surface area contributed by atoms with Gasteiger partial charge in [-0.3, -0.25) is 4.79 Å². The molecule has 2 atom stereocenters. The fraction of sp³-hybridized carbons (Fsp3) is 0.467. The number of ketones is 1. The summed E-state index contributed by atoms with van der Waals surface area (Å²) in [6.45, 7) is 2.27. The molecule has 0 saturated carbocycles. The van der Waals surface area contributed by atoms with Crippen LogP contribution in [0.25, 0.3) is 0 Å². The average Bonchev–Trinajstić information content (AvgIpc) is 2.53. The number of hydrogen-bond acceptors (Lipinski definition) is 5. The summed E-state index contributed by atoms with van der Waals surface area (Å²) in [6.07, 6.45) is 1.72. The van der Waals surface area contributed by atoms with Gasteiger partial charge in [0.15, 0.2) is 5.78 Å². The molecule has 1 aromatic rings. The van der Waals surface area contributed by atoms with Crippen molar-refractivity contribution in [2.24, 2.45) is 5.73 Å². The summed E-state index contributed by atoms with van der Waals surface area (Å²) in [5, 5.41) is -1.38. The van der Waals surface area contributed by atoms with Crippen LogP contribution in [0.3, 0.4) is 0 Å². The Morgan fingerprint density at radius 1 is 1.30 bits per heavy atom. The smallest absolute Gasteiger partial charge is 0.241 e. The van der Waals surface area contributed by atoms with Gasteiger partial charge in [-0.1, -0.05) is 24.1 Å². The number of nitrogens with two attached hydrogens (primary N) is 1. The zero-order chi connectivity index (χ0) is 17.5. The fourth-order valence-electron chi connectivity index (χ4n) is 1.98. The molecule has 3 N–H and O–H groups in total. The van der Waals surface area contributed by atoms with E-state index in [0.29, 0.717) is 25.7 Å². The van der Waals surface area contributed by atoms with Gasteiger partial charge in [-0.2, -0.15) is 0 Å². The summed E-state index contributed by atoms with van der Waals surface area (Å²) in [5.74, 6) is -0.658. The van der Waals surface area contributed by atoms with Crippen molar-refractivity contribution in [3.05, 3.63) is 29.8 Å². The van der Waals surface area contributed by atoms with Crippen LogP contribution in [-0.2, 0) is 19.6 Å². The molecule has 0 amide bonds. The Balaban J connectivity index is 2.95. The van der Waals surface area contributed by atoms with Gasteiger partial charge in [-0.25, -0.2) is 13.1 Å². The van der Waals surface area contributed by atoms with Crippen LogP contribution in [0.1, 0.15) is 24.8 Å². The van der Waals surface area contributed by atoms with Crippen LogP contribution in [-0.4, -0.2) is 38.5 Å². The quantitative estimate of drug-likeness (QED) is 0.282. The van der Waals surface area contributed by atoms with E-state index in [9.17, 15) is 18.0 Å². The second kappa shape index (κ2) is 9.12. The van der Waals surface area contributed by atoms with Gasteiger partial charge in [-0.05, 0) is 38.4 Å². The summed E-state index contributed by atoms with van der Waals surface area (Å²) in [7, 11) is -3.88. The van der Waals surface area contributed by atoms with Crippen molar-refractivity contribution < 1.29 is 18.0 Å². The summed E-state index contributed by atoms with van der Waals surface area (Å²) in [4.78, 5) is 22.9. The number of nitrogens with one attached hydrogen (secondary N) is 1. The SMILES string of the molecule is Cc1ccc(S(=O)(=O)N[C@@H](CCCCN)C(=O)C(Cl)C=O)cc1. The molecule has 0 fully saturated rings. The van der Waals surface area contributed by atoms with Crippen molar-refractivity contribution in [3.63, 3.8) is 0 Å². The maximum atomic E-state index is 12.4. The lowest BCUT2D eigenvalue weighted by molar-refractivity contribution is -0.123. The van der Waals surface area contributed by atoms with Crippen molar-refractivity contribution >= 4 is 33.7 Å². The highest BCUT2D eigenvalue weighted by Gasteiger charge is 2.29. The standard InChI is InChI=1S/C15H21ClN2O4S/c1-11-5-7-12(8-6-11)23(21,22)18-14(4-2-3-9-17)15(20)13(16)10-19/h5-8,10,13-14,18H,2-4,9,17H2,1H3/t13?,14-/m0/s1. The number of benzene rings is 1. The van der Waals surface area contributed by atoms with Crippen LogP contribution in [0.2, 0.25) is 0 Å². The minimum Gasteiger partial charge on any atom is -0.330 e. The van der Waals surface area contributed by atoms with E-state index in [1.807, 2.05) is 6.92 Å². The number of alkyl halides is 1. The Morgan fingerprint density at radius 3 is 2.43 bits per heavy atom. The van der Waals surface area contributed by atoms with Crippen molar-refractivity contribution in [1.82, 2.24) is 4.72 Å². The molecule has 0 aliphatic rings. The summed E-state index contributed by atoms with van der Waals surface area (Å²) in [5.41, 5.74) is 6.32. The number of aryl methyl sites for hydroxylation is 1. The number of carbonyl (C=O) groups is 2. The van der Waals surface area contributed by atoms with Crippen LogP contribution in [0.5, 0.6) is 0 Å². The fourth-order valence-corrected chi connectivity index (χ4v) is 3.38. The highest BCUT2D eigenvalue weighted by Crippen LogP contribution is 2.14. The molecular formula is C15H21ClN2O4S. The number of hydrogen-bond donors (Lipinski definition) is 2. The Labute approximate surface area is 141 Å². The van der Waals surface area contributed by atoms with Gasteiger partial charge in [0.2, 0.25) is 10.0 Å². The summed E-state index contributed by atoms with van der Waals surface area (Å²) >= 11 is 5.64. The molecule has 1 unspecified atom stereocenters. The first kappa shape index (κ1) is 19.8. The number of rotatable bonds is 10. The molecule has 0 spiro atoms. The van der Waals surface area contributed by atoms with Crippen molar-refractivity contribution in [2.75, 3.05) is 6.54 Å². The molecule has 0 aromatic heterocycles. The largest absolute Gasteiger partial charge is 0.330 e. The van der Waals surface area contributed by atoms with Gasteiger partial charge < -0.3 is 10.5 Å². The Kier molecular flexibility index (Phi) is 7.84. The molecule has 0 aliphatic heterocycles. The lowest BCUT2D eigenvalue weighted by Gasteiger charge is -2.18. The second-order valence-corrected chi connectivity index (χ2v) is 7.40. The highest BCUT2D eigenvalue weighted by molar-refractivity contribution is 7.89. The summed E-state index contributed by atoms with van der Waals surface area (Å²) in [6, 6.07) is 5.18. The number of sulfonamides is 1. The molecule has 0 radical (unpaired) electrons. The first-order valence-electron chi connectivity index (χ1n) is 7.24. The molecule has 128 valence electrons. The van der Waals surface area contributed by atoms with E-state index in [1.165, 1.54) is 12.1 Å². The predicted molar refractivity (Wildman–Crippen MR) is 88.9 cm³/mol. The van der Waals surface area contributed by atoms with E-state index in [4.69, 9.17) is 17.3 Å². The first-order chi connectivity index (χ1) is 10.8. The summed E-state index contributed by atoms with van der Waals surface area (Å²) < 4.78 is 27.1. The third-order valence-electron chi connectivity index (χ3n) is 3.31. The van der Waals surface area contributed by atoms with Crippen molar-refractivity contribution in [3.8, 4) is 0 Å². The molecule has 0 aliphatic carbocycles. The number of aldehydes is 1. The highest BCUT2D eigenvalue weighted by atomic mass is 35.5. The van der Waals surface area contributed by atoms with E-state index < -0.39 is 27.2 Å². The maximum Gasteiger partial charge on any atom is 0.241 e. The topological polar surface area (TPSA) is 106 Å². The van der Waals surface area contributed by atoms with Gasteiger partial charge >= 0.3 is 0 Å². The molecule has 0 bridgehead atoms. The molecule has 0 heterocycles.